The number of furan rings is 1. The molecule has 1 aromatic heterocycles. The molecule has 0 bridgehead atoms. The third kappa shape index (κ3) is 4.41. The van der Waals surface area contributed by atoms with E-state index in [-0.39, 0.29) is 23.5 Å². The summed E-state index contributed by atoms with van der Waals surface area (Å²) in [5, 5.41) is 8.55. The van der Waals surface area contributed by atoms with E-state index in [0.29, 0.717) is 27.7 Å². The summed E-state index contributed by atoms with van der Waals surface area (Å²) in [6.07, 6.45) is 3.14. The van der Waals surface area contributed by atoms with E-state index < -0.39 is 12.0 Å². The summed E-state index contributed by atoms with van der Waals surface area (Å²) in [4.78, 5) is 37.0. The van der Waals surface area contributed by atoms with Crippen molar-refractivity contribution in [3.8, 4) is 11.5 Å². The van der Waals surface area contributed by atoms with Crippen LogP contribution in [0.3, 0.4) is 0 Å². The minimum atomic E-state index is -1.16. The first-order chi connectivity index (χ1) is 14.3. The van der Waals surface area contributed by atoms with Crippen LogP contribution in [0.5, 0.6) is 11.5 Å². The van der Waals surface area contributed by atoms with Crippen LogP contribution in [0.25, 0.3) is 6.08 Å². The molecule has 30 heavy (non-hydrogen) atoms. The van der Waals surface area contributed by atoms with Crippen LogP contribution in [0.4, 0.5) is 4.79 Å². The predicted molar refractivity (Wildman–Crippen MR) is 110 cm³/mol. The van der Waals surface area contributed by atoms with Crippen molar-refractivity contribution < 1.29 is 33.4 Å². The highest BCUT2D eigenvalue weighted by molar-refractivity contribution is 8.18. The summed E-state index contributed by atoms with van der Waals surface area (Å²) in [7, 11) is 1.47. The lowest BCUT2D eigenvalue weighted by Gasteiger charge is -2.17. The number of benzene rings is 1. The first kappa shape index (κ1) is 21.3. The molecule has 0 spiro atoms. The second-order valence-electron chi connectivity index (χ2n) is 6.30. The van der Waals surface area contributed by atoms with Gasteiger partial charge in [0.2, 0.25) is 5.76 Å². The van der Waals surface area contributed by atoms with Gasteiger partial charge in [-0.1, -0.05) is 12.1 Å². The Bertz CT molecular complexity index is 1040. The first-order valence-electron chi connectivity index (χ1n) is 8.86. The Morgan fingerprint density at radius 2 is 2.07 bits per heavy atom. The number of carbonyl (C=O) groups is 3. The number of carboxylic acids is 1. The lowest BCUT2D eigenvalue weighted by atomic mass is 10.1. The number of thioether (sulfide) groups is 1. The minimum Gasteiger partial charge on any atom is -0.493 e. The molecule has 3 rings (SSSR count). The molecular formula is C21H19NO7S. The monoisotopic (exact) mass is 429 g/mol. The van der Waals surface area contributed by atoms with Crippen LogP contribution in [-0.4, -0.2) is 40.3 Å². The van der Waals surface area contributed by atoms with Gasteiger partial charge in [0.15, 0.2) is 11.5 Å². The summed E-state index contributed by atoms with van der Waals surface area (Å²) in [5.41, 5.74) is 0.655. The molecule has 2 heterocycles. The molecule has 1 fully saturated rings. The minimum absolute atomic E-state index is 0.0152. The van der Waals surface area contributed by atoms with Gasteiger partial charge in [-0.3, -0.25) is 14.5 Å². The van der Waals surface area contributed by atoms with Gasteiger partial charge in [0, 0.05) is 0 Å². The molecule has 1 aliphatic rings. The lowest BCUT2D eigenvalue weighted by molar-refractivity contribution is -0.123. The van der Waals surface area contributed by atoms with E-state index in [1.807, 2.05) is 0 Å². The molecule has 1 aliphatic heterocycles. The zero-order chi connectivity index (χ0) is 21.8. The van der Waals surface area contributed by atoms with E-state index in [1.54, 1.807) is 31.2 Å². The molecule has 8 nitrogen and oxygen atoms in total. The Morgan fingerprint density at radius 3 is 2.70 bits per heavy atom. The van der Waals surface area contributed by atoms with E-state index in [0.717, 1.165) is 16.7 Å². The number of hydrogen-bond donors (Lipinski definition) is 1. The number of carboxylic acid groups (broad SMARTS) is 1. The summed E-state index contributed by atoms with van der Waals surface area (Å²) in [5.74, 6) is -0.526. The van der Waals surface area contributed by atoms with Crippen molar-refractivity contribution in [3.05, 3.63) is 65.0 Å². The van der Waals surface area contributed by atoms with E-state index >= 15 is 0 Å². The molecule has 0 unspecified atom stereocenters. The summed E-state index contributed by atoms with van der Waals surface area (Å²) in [6.45, 7) is 5.36. The Hall–Kier alpha value is -3.46. The maximum atomic E-state index is 12.5. The highest BCUT2D eigenvalue weighted by Crippen LogP contribution is 2.35. The van der Waals surface area contributed by atoms with Crippen molar-refractivity contribution in [2.75, 3.05) is 7.11 Å². The quantitative estimate of drug-likeness (QED) is 0.492. The molecule has 2 aromatic rings. The van der Waals surface area contributed by atoms with Crippen molar-refractivity contribution in [1.82, 2.24) is 4.90 Å². The predicted octanol–water partition coefficient (Wildman–Crippen LogP) is 4.18. The molecule has 0 saturated carbocycles. The average molecular weight is 429 g/mol. The van der Waals surface area contributed by atoms with Crippen LogP contribution in [0, 0.1) is 0 Å². The van der Waals surface area contributed by atoms with Gasteiger partial charge in [0.05, 0.1) is 18.1 Å². The number of amides is 2. The fraction of sp³-hybridized carbons (Fsp3) is 0.190. The van der Waals surface area contributed by atoms with Gasteiger partial charge in [-0.2, -0.15) is 0 Å². The number of methoxy groups -OCH3 is 1. The van der Waals surface area contributed by atoms with Gasteiger partial charge in [0.25, 0.3) is 11.1 Å². The highest BCUT2D eigenvalue weighted by atomic mass is 32.2. The van der Waals surface area contributed by atoms with Gasteiger partial charge in [-0.25, -0.2) is 4.79 Å². The van der Waals surface area contributed by atoms with Gasteiger partial charge in [0.1, 0.15) is 12.4 Å². The van der Waals surface area contributed by atoms with Gasteiger partial charge in [-0.05, 0) is 54.6 Å². The average Bonchev–Trinajstić information content (AvgIpc) is 3.31. The van der Waals surface area contributed by atoms with E-state index in [9.17, 15) is 14.4 Å². The summed E-state index contributed by atoms with van der Waals surface area (Å²) >= 11 is 0.868. The topological polar surface area (TPSA) is 106 Å². The van der Waals surface area contributed by atoms with E-state index in [4.69, 9.17) is 19.0 Å². The van der Waals surface area contributed by atoms with Crippen molar-refractivity contribution in [2.45, 2.75) is 19.6 Å². The molecule has 0 radical (unpaired) electrons. The zero-order valence-electron chi connectivity index (χ0n) is 16.3. The standard InChI is InChI=1S/C21H19NO7S/c1-4-12(2)22-19(23)18(30-21(22)26)10-13-5-7-15(17(9-13)27-3)28-11-14-6-8-16(29-14)20(24)25/h4-10,12H,1,11H2,2-3H3,(H,24,25)/b18-10-/t12-/m1/s1. The van der Waals surface area contributed by atoms with Crippen LogP contribution >= 0.6 is 11.8 Å². The van der Waals surface area contributed by atoms with Crippen molar-refractivity contribution in [3.63, 3.8) is 0 Å². The number of hydrogen-bond acceptors (Lipinski definition) is 7. The smallest absolute Gasteiger partial charge is 0.371 e. The van der Waals surface area contributed by atoms with Gasteiger partial charge < -0.3 is 19.0 Å². The second-order valence-corrected chi connectivity index (χ2v) is 7.29. The fourth-order valence-electron chi connectivity index (χ4n) is 2.70. The van der Waals surface area contributed by atoms with Crippen LogP contribution in [0.2, 0.25) is 0 Å². The highest BCUT2D eigenvalue weighted by Gasteiger charge is 2.37. The number of ether oxygens (including phenoxy) is 2. The maximum absolute atomic E-state index is 12.5. The third-order valence-electron chi connectivity index (χ3n) is 4.30. The first-order valence-corrected chi connectivity index (χ1v) is 9.68. The molecule has 1 saturated heterocycles. The summed E-state index contributed by atoms with van der Waals surface area (Å²) in [6, 6.07) is 7.52. The number of rotatable bonds is 8. The number of aromatic carboxylic acids is 1. The third-order valence-corrected chi connectivity index (χ3v) is 5.18. The van der Waals surface area contributed by atoms with Crippen LogP contribution in [0.1, 0.15) is 28.8 Å². The Labute approximate surface area is 176 Å². The fourth-order valence-corrected chi connectivity index (χ4v) is 3.62. The molecule has 1 N–H and O–H groups in total. The molecular weight excluding hydrogens is 410 g/mol. The normalized spacial score (nSPS) is 16.1. The summed E-state index contributed by atoms with van der Waals surface area (Å²) < 4.78 is 16.2. The molecule has 1 aromatic carbocycles. The van der Waals surface area contributed by atoms with Crippen LogP contribution < -0.4 is 9.47 Å². The Balaban J connectivity index is 1.76. The van der Waals surface area contributed by atoms with Gasteiger partial charge >= 0.3 is 5.97 Å². The molecule has 1 atom stereocenters. The Kier molecular flexibility index (Phi) is 6.31. The van der Waals surface area contributed by atoms with Crippen molar-refractivity contribution in [1.29, 1.82) is 0 Å². The number of imide groups is 1. The van der Waals surface area contributed by atoms with Crippen molar-refractivity contribution in [2.24, 2.45) is 0 Å². The SMILES string of the molecule is C=C[C@@H](C)N1C(=O)S/C(=C\c2ccc(OCc3ccc(C(=O)O)o3)c(OC)c2)C1=O. The van der Waals surface area contributed by atoms with Gasteiger partial charge in [-0.15, -0.1) is 6.58 Å². The molecule has 156 valence electrons. The zero-order valence-corrected chi connectivity index (χ0v) is 17.1. The number of nitrogens with zero attached hydrogens (tertiary/aromatic N) is 1. The maximum Gasteiger partial charge on any atom is 0.371 e. The molecule has 9 heteroatoms. The largest absolute Gasteiger partial charge is 0.493 e. The Morgan fingerprint density at radius 1 is 1.30 bits per heavy atom. The van der Waals surface area contributed by atoms with E-state index in [1.165, 1.54) is 25.3 Å². The van der Waals surface area contributed by atoms with Crippen LogP contribution in [-0.2, 0) is 11.4 Å². The lowest BCUT2D eigenvalue weighted by Crippen LogP contribution is -2.35. The second kappa shape index (κ2) is 8.91. The van der Waals surface area contributed by atoms with E-state index in [2.05, 4.69) is 6.58 Å². The number of carbonyl (C=O) groups excluding carboxylic acids is 2. The van der Waals surface area contributed by atoms with Crippen LogP contribution in [0.15, 0.2) is 52.3 Å². The molecule has 2 amide bonds. The van der Waals surface area contributed by atoms with Crippen molar-refractivity contribution >= 4 is 35.0 Å². The molecule has 0 aliphatic carbocycles.